The van der Waals surface area contributed by atoms with E-state index in [1.807, 2.05) is 42.5 Å². The smallest absolute Gasteiger partial charge is 0.123 e. The molecule has 0 radical (unpaired) electrons. The van der Waals surface area contributed by atoms with Gasteiger partial charge in [0.05, 0.1) is 0 Å². The van der Waals surface area contributed by atoms with Gasteiger partial charge in [-0.15, -0.1) is 0 Å². The lowest BCUT2D eigenvalue weighted by Crippen LogP contribution is -2.04. The highest BCUT2D eigenvalue weighted by Gasteiger charge is 2.09. The maximum atomic E-state index is 6.02. The maximum Gasteiger partial charge on any atom is 0.123 e. The molecule has 1 unspecified atom stereocenters. The van der Waals surface area contributed by atoms with E-state index in [0.29, 0.717) is 0 Å². The Balaban J connectivity index is 2.15. The van der Waals surface area contributed by atoms with Gasteiger partial charge in [0.2, 0.25) is 0 Å². The zero-order valence-corrected chi connectivity index (χ0v) is 10.9. The Morgan fingerprint density at radius 1 is 1.06 bits per heavy atom. The fourth-order valence-electron chi connectivity index (χ4n) is 1.94. The number of anilines is 1. The van der Waals surface area contributed by atoms with E-state index in [9.17, 15) is 0 Å². The van der Waals surface area contributed by atoms with Crippen LogP contribution >= 0.6 is 0 Å². The number of para-hydroxylation sites is 1. The maximum absolute atomic E-state index is 6.02. The van der Waals surface area contributed by atoms with Crippen LogP contribution in [0, 0.1) is 0 Å². The van der Waals surface area contributed by atoms with Gasteiger partial charge in [-0.05, 0) is 42.7 Å². The number of aryl methyl sites for hydroxylation is 1. The first-order valence-electron chi connectivity index (χ1n) is 6.30. The molecule has 0 bridgehead atoms. The Labute approximate surface area is 108 Å². The molecule has 0 saturated carbocycles. The molecule has 0 heterocycles. The largest absolute Gasteiger partial charge is 0.486 e. The predicted octanol–water partition coefficient (Wildman–Crippen LogP) is 3.97. The van der Waals surface area contributed by atoms with Crippen LogP contribution in [0.15, 0.2) is 48.5 Å². The second-order valence-electron chi connectivity index (χ2n) is 4.39. The molecule has 0 aromatic heterocycles. The molecular weight excluding hydrogens is 222 g/mol. The molecule has 0 amide bonds. The third-order valence-electron chi connectivity index (χ3n) is 3.06. The minimum Gasteiger partial charge on any atom is -0.486 e. The van der Waals surface area contributed by atoms with Gasteiger partial charge in [-0.25, -0.2) is 0 Å². The monoisotopic (exact) mass is 241 g/mol. The molecule has 2 rings (SSSR count). The van der Waals surface area contributed by atoms with Crippen molar-refractivity contribution in [1.29, 1.82) is 0 Å². The summed E-state index contributed by atoms with van der Waals surface area (Å²) in [5, 5.41) is 0. The molecule has 2 aromatic rings. The minimum absolute atomic E-state index is 0.0262. The molecule has 0 aliphatic carbocycles. The molecule has 0 saturated heterocycles. The molecule has 18 heavy (non-hydrogen) atoms. The lowest BCUT2D eigenvalue weighted by Gasteiger charge is -2.17. The molecule has 2 nitrogen and oxygen atoms in total. The van der Waals surface area contributed by atoms with Crippen molar-refractivity contribution in [3.8, 4) is 5.75 Å². The molecule has 2 aromatic carbocycles. The summed E-state index contributed by atoms with van der Waals surface area (Å²) >= 11 is 0. The highest BCUT2D eigenvalue weighted by molar-refractivity contribution is 5.40. The fraction of sp³-hybridized carbons (Fsp3) is 0.250. The molecule has 2 heteroatoms. The first kappa shape index (κ1) is 12.5. The van der Waals surface area contributed by atoms with Crippen molar-refractivity contribution in [2.24, 2.45) is 0 Å². The van der Waals surface area contributed by atoms with E-state index in [0.717, 1.165) is 23.4 Å². The first-order chi connectivity index (χ1) is 8.70. The van der Waals surface area contributed by atoms with Gasteiger partial charge < -0.3 is 10.5 Å². The quantitative estimate of drug-likeness (QED) is 0.822. The molecule has 1 atom stereocenters. The highest BCUT2D eigenvalue weighted by Crippen LogP contribution is 2.25. The number of rotatable bonds is 4. The van der Waals surface area contributed by atoms with Gasteiger partial charge in [0, 0.05) is 5.69 Å². The number of nitrogen functional groups attached to an aromatic ring is 1. The van der Waals surface area contributed by atoms with Crippen molar-refractivity contribution >= 4 is 5.69 Å². The zero-order valence-electron chi connectivity index (χ0n) is 10.9. The van der Waals surface area contributed by atoms with Gasteiger partial charge >= 0.3 is 0 Å². The second kappa shape index (κ2) is 5.58. The number of hydrogen-bond acceptors (Lipinski definition) is 2. The van der Waals surface area contributed by atoms with Crippen molar-refractivity contribution in [2.75, 3.05) is 5.73 Å². The number of ether oxygens (including phenoxy) is 1. The van der Waals surface area contributed by atoms with E-state index in [-0.39, 0.29) is 6.10 Å². The average Bonchev–Trinajstić information content (AvgIpc) is 2.40. The average molecular weight is 241 g/mol. The third kappa shape index (κ3) is 2.83. The summed E-state index contributed by atoms with van der Waals surface area (Å²) in [6.07, 6.45) is 1.00. The van der Waals surface area contributed by atoms with E-state index < -0.39 is 0 Å². The zero-order chi connectivity index (χ0) is 13.0. The summed E-state index contributed by atoms with van der Waals surface area (Å²) in [5.74, 6) is 0.962. The van der Waals surface area contributed by atoms with Crippen molar-refractivity contribution in [3.05, 3.63) is 59.7 Å². The van der Waals surface area contributed by atoms with E-state index in [4.69, 9.17) is 10.5 Å². The van der Waals surface area contributed by atoms with Crippen LogP contribution in [0.25, 0.3) is 0 Å². The normalized spacial score (nSPS) is 12.1. The van der Waals surface area contributed by atoms with Crippen molar-refractivity contribution < 1.29 is 4.74 Å². The first-order valence-corrected chi connectivity index (χ1v) is 6.30. The van der Waals surface area contributed by atoms with Crippen molar-refractivity contribution in [3.63, 3.8) is 0 Å². The Morgan fingerprint density at radius 3 is 2.39 bits per heavy atom. The van der Waals surface area contributed by atoms with Gasteiger partial charge in [-0.2, -0.15) is 0 Å². The lowest BCUT2D eigenvalue weighted by molar-refractivity contribution is 0.225. The number of nitrogens with two attached hydrogens (primary N) is 1. The minimum atomic E-state index is 0.0262. The Morgan fingerprint density at radius 2 is 1.72 bits per heavy atom. The Hall–Kier alpha value is -1.96. The number of hydrogen-bond donors (Lipinski definition) is 1. The van der Waals surface area contributed by atoms with Crippen LogP contribution in [-0.2, 0) is 6.42 Å². The summed E-state index contributed by atoms with van der Waals surface area (Å²) in [5.41, 5.74) is 8.83. The van der Waals surface area contributed by atoms with Crippen molar-refractivity contribution in [2.45, 2.75) is 26.4 Å². The molecule has 0 spiro atoms. The predicted molar refractivity (Wildman–Crippen MR) is 75.7 cm³/mol. The van der Waals surface area contributed by atoms with Crippen LogP contribution in [0.5, 0.6) is 5.75 Å². The Bertz CT molecular complexity index is 505. The van der Waals surface area contributed by atoms with Gasteiger partial charge in [-0.1, -0.05) is 37.3 Å². The van der Waals surface area contributed by atoms with Gasteiger partial charge in [0.15, 0.2) is 0 Å². The molecule has 0 aliphatic rings. The summed E-state index contributed by atoms with van der Waals surface area (Å²) < 4.78 is 6.02. The van der Waals surface area contributed by atoms with Crippen LogP contribution in [0.1, 0.15) is 31.1 Å². The van der Waals surface area contributed by atoms with Crippen molar-refractivity contribution in [1.82, 2.24) is 0 Å². The fourth-order valence-corrected chi connectivity index (χ4v) is 1.94. The van der Waals surface area contributed by atoms with E-state index in [1.54, 1.807) is 0 Å². The molecule has 2 N–H and O–H groups in total. The third-order valence-corrected chi connectivity index (χ3v) is 3.06. The topological polar surface area (TPSA) is 35.2 Å². The van der Waals surface area contributed by atoms with Crippen LogP contribution in [0.4, 0.5) is 5.69 Å². The van der Waals surface area contributed by atoms with Crippen LogP contribution in [-0.4, -0.2) is 0 Å². The summed E-state index contributed by atoms with van der Waals surface area (Å²) in [6, 6.07) is 16.0. The lowest BCUT2D eigenvalue weighted by atomic mass is 10.1. The van der Waals surface area contributed by atoms with Gasteiger partial charge in [0.1, 0.15) is 11.9 Å². The molecule has 0 aliphatic heterocycles. The molecular formula is C16H19NO. The highest BCUT2D eigenvalue weighted by atomic mass is 16.5. The summed E-state index contributed by atoms with van der Waals surface area (Å²) in [4.78, 5) is 0. The van der Waals surface area contributed by atoms with E-state index >= 15 is 0 Å². The summed E-state index contributed by atoms with van der Waals surface area (Å²) in [7, 11) is 0. The molecule has 94 valence electrons. The van der Waals surface area contributed by atoms with Gasteiger partial charge in [-0.3, -0.25) is 0 Å². The second-order valence-corrected chi connectivity index (χ2v) is 4.39. The Kier molecular flexibility index (Phi) is 3.88. The summed E-state index contributed by atoms with van der Waals surface area (Å²) in [6.45, 7) is 4.19. The number of benzene rings is 2. The van der Waals surface area contributed by atoms with E-state index in [1.165, 1.54) is 5.56 Å². The molecule has 0 fully saturated rings. The van der Waals surface area contributed by atoms with Crippen LogP contribution < -0.4 is 10.5 Å². The van der Waals surface area contributed by atoms with Crippen LogP contribution in [0.2, 0.25) is 0 Å². The standard InChI is InChI=1S/C16H19NO/c1-3-13-6-4-5-7-16(13)18-12(2)14-8-10-15(17)11-9-14/h4-12H,3,17H2,1-2H3. The van der Waals surface area contributed by atoms with Crippen LogP contribution in [0.3, 0.4) is 0 Å². The SMILES string of the molecule is CCc1ccccc1OC(C)c1ccc(N)cc1. The van der Waals surface area contributed by atoms with Gasteiger partial charge in [0.25, 0.3) is 0 Å². The van der Waals surface area contributed by atoms with E-state index in [2.05, 4.69) is 19.9 Å².